The summed E-state index contributed by atoms with van der Waals surface area (Å²) in [5, 5.41) is 9.70. The summed E-state index contributed by atoms with van der Waals surface area (Å²) in [5.74, 6) is 0.861. The van der Waals surface area contributed by atoms with Crippen LogP contribution in [-0.2, 0) is 0 Å². The van der Waals surface area contributed by atoms with Crippen LogP contribution < -0.4 is 4.74 Å². The fourth-order valence-electron chi connectivity index (χ4n) is 1.39. The van der Waals surface area contributed by atoms with Crippen LogP contribution in [-0.4, -0.2) is 11.7 Å². The van der Waals surface area contributed by atoms with E-state index in [1.54, 1.807) is 0 Å². The van der Waals surface area contributed by atoms with Crippen LogP contribution in [0.15, 0.2) is 24.3 Å². The van der Waals surface area contributed by atoms with Crippen molar-refractivity contribution in [1.29, 1.82) is 0 Å². The number of benzene rings is 1. The zero-order valence-corrected chi connectivity index (χ0v) is 8.86. The summed E-state index contributed by atoms with van der Waals surface area (Å²) in [7, 11) is 0. The molecule has 2 heteroatoms. The van der Waals surface area contributed by atoms with E-state index in [1.165, 1.54) is 0 Å². The van der Waals surface area contributed by atoms with Crippen molar-refractivity contribution in [3.05, 3.63) is 29.8 Å². The molecule has 78 valence electrons. The van der Waals surface area contributed by atoms with Crippen molar-refractivity contribution in [2.45, 2.75) is 32.8 Å². The highest BCUT2D eigenvalue weighted by atomic mass is 16.5. The van der Waals surface area contributed by atoms with Crippen molar-refractivity contribution < 1.29 is 9.84 Å². The zero-order chi connectivity index (χ0) is 10.4. The summed E-state index contributed by atoms with van der Waals surface area (Å²) in [6.07, 6.45) is 1.47. The average molecular weight is 194 g/mol. The van der Waals surface area contributed by atoms with E-state index in [9.17, 15) is 5.11 Å². The maximum atomic E-state index is 9.70. The highest BCUT2D eigenvalue weighted by molar-refractivity contribution is 5.28. The summed E-state index contributed by atoms with van der Waals surface area (Å²) in [6, 6.07) is 7.64. The second-order valence-corrected chi connectivity index (χ2v) is 3.31. The van der Waals surface area contributed by atoms with Crippen molar-refractivity contribution >= 4 is 0 Å². The van der Waals surface area contributed by atoms with E-state index < -0.39 is 0 Å². The predicted octanol–water partition coefficient (Wildman–Crippen LogP) is 2.92. The van der Waals surface area contributed by atoms with Gasteiger partial charge in [0.25, 0.3) is 0 Å². The van der Waals surface area contributed by atoms with Gasteiger partial charge in [0.2, 0.25) is 0 Å². The Morgan fingerprint density at radius 1 is 1.21 bits per heavy atom. The number of aliphatic hydroxyl groups excluding tert-OH is 1. The Morgan fingerprint density at radius 3 is 2.36 bits per heavy atom. The van der Waals surface area contributed by atoms with Crippen molar-refractivity contribution in [3.63, 3.8) is 0 Å². The Labute approximate surface area is 85.5 Å². The molecule has 0 fully saturated rings. The summed E-state index contributed by atoms with van der Waals surface area (Å²) in [5.41, 5.74) is 0.968. The molecule has 0 aromatic heterocycles. The zero-order valence-electron chi connectivity index (χ0n) is 8.86. The molecule has 1 aromatic carbocycles. The molecular formula is C12H18O2. The lowest BCUT2D eigenvalue weighted by molar-refractivity contribution is 0.166. The van der Waals surface area contributed by atoms with Gasteiger partial charge in [-0.1, -0.05) is 25.5 Å². The van der Waals surface area contributed by atoms with Gasteiger partial charge in [-0.3, -0.25) is 0 Å². The third-order valence-corrected chi connectivity index (χ3v) is 2.14. The largest absolute Gasteiger partial charge is 0.494 e. The van der Waals surface area contributed by atoms with Crippen LogP contribution in [0.25, 0.3) is 0 Å². The first-order valence-electron chi connectivity index (χ1n) is 5.18. The Morgan fingerprint density at radius 2 is 1.86 bits per heavy atom. The molecule has 0 unspecified atom stereocenters. The van der Waals surface area contributed by atoms with Crippen LogP contribution in [0.4, 0.5) is 0 Å². The van der Waals surface area contributed by atoms with E-state index in [0.717, 1.165) is 24.2 Å². The molecule has 1 atom stereocenters. The van der Waals surface area contributed by atoms with Crippen LogP contribution >= 0.6 is 0 Å². The van der Waals surface area contributed by atoms with Crippen LogP contribution in [0.3, 0.4) is 0 Å². The van der Waals surface area contributed by atoms with Gasteiger partial charge in [-0.2, -0.15) is 0 Å². The number of aliphatic hydroxyl groups is 1. The quantitative estimate of drug-likeness (QED) is 0.781. The third-order valence-electron chi connectivity index (χ3n) is 2.14. The van der Waals surface area contributed by atoms with E-state index >= 15 is 0 Å². The third kappa shape index (κ3) is 3.04. The van der Waals surface area contributed by atoms with Crippen LogP contribution in [0, 0.1) is 0 Å². The van der Waals surface area contributed by atoms with Crippen molar-refractivity contribution in [2.75, 3.05) is 6.61 Å². The number of hydrogen-bond donors (Lipinski definition) is 1. The van der Waals surface area contributed by atoms with E-state index in [0.29, 0.717) is 6.61 Å². The molecule has 0 aliphatic rings. The van der Waals surface area contributed by atoms with E-state index in [1.807, 2.05) is 31.2 Å². The number of hydrogen-bond acceptors (Lipinski definition) is 2. The minimum atomic E-state index is -0.337. The van der Waals surface area contributed by atoms with Gasteiger partial charge in [0.15, 0.2) is 0 Å². The van der Waals surface area contributed by atoms with Gasteiger partial charge in [0.1, 0.15) is 5.75 Å². The molecule has 0 saturated heterocycles. The predicted molar refractivity (Wildman–Crippen MR) is 57.5 cm³/mol. The molecule has 0 saturated carbocycles. The van der Waals surface area contributed by atoms with Crippen LogP contribution in [0.5, 0.6) is 5.75 Å². The Balaban J connectivity index is 2.62. The molecule has 1 rings (SSSR count). The van der Waals surface area contributed by atoms with Crippen LogP contribution in [0.2, 0.25) is 0 Å². The van der Waals surface area contributed by atoms with Gasteiger partial charge >= 0.3 is 0 Å². The molecule has 14 heavy (non-hydrogen) atoms. The minimum Gasteiger partial charge on any atom is -0.494 e. The maximum absolute atomic E-state index is 9.70. The SMILES string of the molecule is CCC[C@@H](O)c1ccc(OCC)cc1. The van der Waals surface area contributed by atoms with Gasteiger partial charge < -0.3 is 9.84 Å². The van der Waals surface area contributed by atoms with E-state index in [-0.39, 0.29) is 6.10 Å². The Hall–Kier alpha value is -1.02. The van der Waals surface area contributed by atoms with Gasteiger partial charge in [0, 0.05) is 0 Å². The first kappa shape index (κ1) is 11.1. The van der Waals surface area contributed by atoms with Gasteiger partial charge in [0.05, 0.1) is 12.7 Å². The lowest BCUT2D eigenvalue weighted by Gasteiger charge is -2.10. The fraction of sp³-hybridized carbons (Fsp3) is 0.500. The van der Waals surface area contributed by atoms with Gasteiger partial charge in [-0.25, -0.2) is 0 Å². The summed E-state index contributed by atoms with van der Waals surface area (Å²) < 4.78 is 5.32. The van der Waals surface area contributed by atoms with Gasteiger partial charge in [-0.15, -0.1) is 0 Å². The molecule has 0 spiro atoms. The van der Waals surface area contributed by atoms with E-state index in [4.69, 9.17) is 4.74 Å². The average Bonchev–Trinajstić information content (AvgIpc) is 2.20. The lowest BCUT2D eigenvalue weighted by Crippen LogP contribution is -1.97. The van der Waals surface area contributed by atoms with E-state index in [2.05, 4.69) is 6.92 Å². The Bertz CT molecular complexity index is 254. The standard InChI is InChI=1S/C12H18O2/c1-3-5-12(13)10-6-8-11(9-7-10)14-4-2/h6-9,12-13H,3-5H2,1-2H3/t12-/m1/s1. The maximum Gasteiger partial charge on any atom is 0.119 e. The number of ether oxygens (including phenoxy) is 1. The molecular weight excluding hydrogens is 176 g/mol. The topological polar surface area (TPSA) is 29.5 Å². The minimum absolute atomic E-state index is 0.337. The Kier molecular flexibility index (Phi) is 4.47. The second-order valence-electron chi connectivity index (χ2n) is 3.31. The highest BCUT2D eigenvalue weighted by Crippen LogP contribution is 2.20. The smallest absolute Gasteiger partial charge is 0.119 e. The molecule has 1 aromatic rings. The number of rotatable bonds is 5. The normalized spacial score (nSPS) is 12.5. The van der Waals surface area contributed by atoms with Crippen molar-refractivity contribution in [1.82, 2.24) is 0 Å². The second kappa shape index (κ2) is 5.66. The van der Waals surface area contributed by atoms with Gasteiger partial charge in [-0.05, 0) is 31.0 Å². The molecule has 0 aliphatic carbocycles. The molecule has 0 heterocycles. The molecule has 0 bridgehead atoms. The lowest BCUT2D eigenvalue weighted by atomic mass is 10.1. The summed E-state index contributed by atoms with van der Waals surface area (Å²) in [6.45, 7) is 4.70. The highest BCUT2D eigenvalue weighted by Gasteiger charge is 2.05. The monoisotopic (exact) mass is 194 g/mol. The first-order chi connectivity index (χ1) is 6.77. The fourth-order valence-corrected chi connectivity index (χ4v) is 1.39. The van der Waals surface area contributed by atoms with Crippen molar-refractivity contribution in [3.8, 4) is 5.75 Å². The summed E-state index contributed by atoms with van der Waals surface area (Å²) >= 11 is 0. The molecule has 0 radical (unpaired) electrons. The van der Waals surface area contributed by atoms with Crippen LogP contribution in [0.1, 0.15) is 38.4 Å². The first-order valence-corrected chi connectivity index (χ1v) is 5.18. The molecule has 1 N–H and O–H groups in total. The molecule has 0 amide bonds. The van der Waals surface area contributed by atoms with Crippen molar-refractivity contribution in [2.24, 2.45) is 0 Å². The molecule has 2 nitrogen and oxygen atoms in total. The summed E-state index contributed by atoms with van der Waals surface area (Å²) in [4.78, 5) is 0. The molecule has 0 aliphatic heterocycles.